The first-order valence-corrected chi connectivity index (χ1v) is 14.0. The zero-order valence-corrected chi connectivity index (χ0v) is 24.8. The predicted octanol–water partition coefficient (Wildman–Crippen LogP) is 6.10. The third kappa shape index (κ3) is 5.78. The number of halogens is 2. The third-order valence-corrected chi connectivity index (χ3v) is 8.08. The van der Waals surface area contributed by atoms with Crippen LogP contribution in [0.25, 0.3) is 11.0 Å². The van der Waals surface area contributed by atoms with E-state index in [1.165, 1.54) is 4.90 Å². The fourth-order valence-corrected chi connectivity index (χ4v) is 6.00. The highest BCUT2D eigenvalue weighted by Crippen LogP contribution is 2.35. The minimum Gasteiger partial charge on any atom is -0.465 e. The zero-order valence-electron chi connectivity index (χ0n) is 22.5. The fraction of sp³-hybridized carbons (Fsp3) is 0.464. The summed E-state index contributed by atoms with van der Waals surface area (Å²) in [5, 5.41) is 11.5. The molecule has 1 aliphatic rings. The van der Waals surface area contributed by atoms with E-state index >= 15 is 0 Å². The van der Waals surface area contributed by atoms with E-state index in [2.05, 4.69) is 51.6 Å². The van der Waals surface area contributed by atoms with Gasteiger partial charge in [0.1, 0.15) is 5.65 Å². The fourth-order valence-electron chi connectivity index (χ4n) is 5.03. The summed E-state index contributed by atoms with van der Waals surface area (Å²) >= 11 is 10.2. The van der Waals surface area contributed by atoms with Crippen molar-refractivity contribution in [3.8, 4) is 0 Å². The van der Waals surface area contributed by atoms with Crippen LogP contribution in [0.1, 0.15) is 51.7 Å². The normalized spacial score (nSPS) is 15.3. The number of piperazine rings is 1. The Kier molecular flexibility index (Phi) is 8.28. The maximum Gasteiger partial charge on any atom is 0.407 e. The maximum absolute atomic E-state index is 14.0. The van der Waals surface area contributed by atoms with E-state index in [4.69, 9.17) is 11.6 Å². The molecular formula is C28H35BrClN5O3. The van der Waals surface area contributed by atoms with E-state index in [0.29, 0.717) is 31.2 Å². The van der Waals surface area contributed by atoms with Gasteiger partial charge in [-0.1, -0.05) is 44.5 Å². The summed E-state index contributed by atoms with van der Waals surface area (Å²) in [6, 6.07) is 7.39. The van der Waals surface area contributed by atoms with Crippen molar-refractivity contribution in [2.45, 2.75) is 52.0 Å². The number of hydrogen-bond acceptors (Lipinski definition) is 4. The summed E-state index contributed by atoms with van der Waals surface area (Å²) in [5.41, 5.74) is 3.37. The van der Waals surface area contributed by atoms with Crippen LogP contribution in [0.4, 0.5) is 10.5 Å². The van der Waals surface area contributed by atoms with Crippen LogP contribution < -0.4 is 4.90 Å². The Morgan fingerprint density at radius 3 is 2.47 bits per heavy atom. The number of pyridine rings is 1. The van der Waals surface area contributed by atoms with Gasteiger partial charge in [-0.15, -0.1) is 0 Å². The van der Waals surface area contributed by atoms with E-state index in [0.717, 1.165) is 32.3 Å². The molecule has 0 spiro atoms. The molecule has 0 radical (unpaired) electrons. The summed E-state index contributed by atoms with van der Waals surface area (Å²) in [6.07, 6.45) is 2.63. The van der Waals surface area contributed by atoms with Crippen molar-refractivity contribution in [2.75, 3.05) is 37.6 Å². The number of H-pyrrole nitrogens is 1. The van der Waals surface area contributed by atoms with Crippen molar-refractivity contribution < 1.29 is 14.7 Å². The molecule has 2 amide bonds. The number of amides is 2. The molecule has 38 heavy (non-hydrogen) atoms. The molecule has 2 aromatic heterocycles. The largest absolute Gasteiger partial charge is 0.465 e. The molecule has 8 nitrogen and oxygen atoms in total. The average Bonchev–Trinajstić information content (AvgIpc) is 3.32. The number of carbonyl (C=O) groups is 2. The van der Waals surface area contributed by atoms with Crippen LogP contribution in [0.15, 0.2) is 41.1 Å². The number of nitrogens with zero attached hydrogens (tertiary/aromatic N) is 4. The lowest BCUT2D eigenvalue weighted by Gasteiger charge is -2.39. The highest BCUT2D eigenvalue weighted by atomic mass is 79.9. The standard InChI is InChI=1S/C28H35BrClN5O3/c1-17(2)35(27(37)38)16-20(18-6-7-23(30)21(14-18)28(3,4)5)26(36)34-12-10-33(11-13-34)24-19-8-9-31-25(19)32-15-22(24)29/h6-9,14-15,17,20H,10-13,16H2,1-5H3,(H,31,32)(H,37,38). The van der Waals surface area contributed by atoms with Gasteiger partial charge < -0.3 is 24.8 Å². The van der Waals surface area contributed by atoms with E-state index < -0.39 is 12.0 Å². The summed E-state index contributed by atoms with van der Waals surface area (Å²) in [4.78, 5) is 39.1. The Morgan fingerprint density at radius 1 is 1.18 bits per heavy atom. The molecule has 1 aromatic carbocycles. The Bertz CT molecular complexity index is 1330. The van der Waals surface area contributed by atoms with Crippen LogP contribution >= 0.6 is 27.5 Å². The summed E-state index contributed by atoms with van der Waals surface area (Å²) in [7, 11) is 0. The van der Waals surface area contributed by atoms with Gasteiger partial charge in [-0.2, -0.15) is 0 Å². The molecule has 0 saturated carbocycles. The number of nitrogens with one attached hydrogen (secondary N) is 1. The van der Waals surface area contributed by atoms with Crippen molar-refractivity contribution in [2.24, 2.45) is 0 Å². The topological polar surface area (TPSA) is 92.8 Å². The lowest BCUT2D eigenvalue weighted by atomic mass is 9.84. The molecule has 1 unspecified atom stereocenters. The molecule has 0 bridgehead atoms. The maximum atomic E-state index is 14.0. The van der Waals surface area contributed by atoms with Crippen LogP contribution in [0.3, 0.4) is 0 Å². The number of carboxylic acid groups (broad SMARTS) is 1. The van der Waals surface area contributed by atoms with E-state index in [1.807, 2.05) is 49.2 Å². The van der Waals surface area contributed by atoms with Crippen LogP contribution in [-0.2, 0) is 10.2 Å². The molecule has 10 heteroatoms. The van der Waals surface area contributed by atoms with Crippen LogP contribution in [0.5, 0.6) is 0 Å². The molecule has 1 atom stereocenters. The number of fused-ring (bicyclic) bond motifs is 1. The lowest BCUT2D eigenvalue weighted by molar-refractivity contribution is -0.133. The van der Waals surface area contributed by atoms with Gasteiger partial charge in [0.2, 0.25) is 5.91 Å². The number of hydrogen-bond donors (Lipinski definition) is 2. The summed E-state index contributed by atoms with van der Waals surface area (Å²) < 4.78 is 0.909. The molecule has 204 valence electrons. The van der Waals surface area contributed by atoms with Gasteiger partial charge in [-0.3, -0.25) is 4.79 Å². The molecule has 2 N–H and O–H groups in total. The first-order chi connectivity index (χ1) is 17.9. The Balaban J connectivity index is 1.61. The molecule has 1 fully saturated rings. The van der Waals surface area contributed by atoms with E-state index in [1.54, 1.807) is 6.20 Å². The quantitative estimate of drug-likeness (QED) is 0.355. The third-order valence-electron chi connectivity index (χ3n) is 7.17. The number of rotatable bonds is 6. The summed E-state index contributed by atoms with van der Waals surface area (Å²) in [6.45, 7) is 12.3. The Labute approximate surface area is 237 Å². The second-order valence-corrected chi connectivity index (χ2v) is 12.3. The first-order valence-electron chi connectivity index (χ1n) is 12.8. The molecule has 0 aliphatic carbocycles. The number of benzene rings is 1. The SMILES string of the molecule is CC(C)N(CC(C(=O)N1CCN(c2c(Br)cnc3[nH]ccc23)CC1)c1ccc(Cl)c(C(C)(C)C)c1)C(=O)O. The second-order valence-electron chi connectivity index (χ2n) is 11.1. The van der Waals surface area contributed by atoms with Gasteiger partial charge in [0, 0.05) is 61.6 Å². The van der Waals surface area contributed by atoms with Gasteiger partial charge >= 0.3 is 6.09 Å². The van der Waals surface area contributed by atoms with Gasteiger partial charge in [-0.05, 0) is 58.5 Å². The zero-order chi connectivity index (χ0) is 27.8. The van der Waals surface area contributed by atoms with Gasteiger partial charge in [-0.25, -0.2) is 9.78 Å². The van der Waals surface area contributed by atoms with Gasteiger partial charge in [0.15, 0.2) is 0 Å². The van der Waals surface area contributed by atoms with Crippen LogP contribution in [-0.4, -0.2) is 75.6 Å². The molecular weight excluding hydrogens is 570 g/mol. The van der Waals surface area contributed by atoms with Crippen molar-refractivity contribution in [1.29, 1.82) is 0 Å². The second kappa shape index (κ2) is 11.1. The predicted molar refractivity (Wildman–Crippen MR) is 155 cm³/mol. The van der Waals surface area contributed by atoms with Crippen molar-refractivity contribution >= 4 is 56.3 Å². The highest BCUT2D eigenvalue weighted by Gasteiger charge is 2.34. The number of aromatic amines is 1. The van der Waals surface area contributed by atoms with Crippen LogP contribution in [0.2, 0.25) is 5.02 Å². The van der Waals surface area contributed by atoms with Gasteiger partial charge in [0.25, 0.3) is 0 Å². The van der Waals surface area contributed by atoms with Crippen LogP contribution in [0, 0.1) is 0 Å². The molecule has 3 heterocycles. The first kappa shape index (κ1) is 28.2. The van der Waals surface area contributed by atoms with Crippen molar-refractivity contribution in [3.63, 3.8) is 0 Å². The summed E-state index contributed by atoms with van der Waals surface area (Å²) in [5.74, 6) is -0.707. The van der Waals surface area contributed by atoms with Crippen molar-refractivity contribution in [1.82, 2.24) is 19.8 Å². The number of aromatic nitrogens is 2. The van der Waals surface area contributed by atoms with Crippen molar-refractivity contribution in [3.05, 3.63) is 57.3 Å². The molecule has 1 aliphatic heterocycles. The number of carbonyl (C=O) groups excluding carboxylic acids is 1. The average molecular weight is 605 g/mol. The molecule has 4 rings (SSSR count). The lowest BCUT2D eigenvalue weighted by Crippen LogP contribution is -2.52. The minimum absolute atomic E-state index is 0.0701. The Hall–Kier alpha value is -2.78. The number of anilines is 1. The smallest absolute Gasteiger partial charge is 0.407 e. The monoisotopic (exact) mass is 603 g/mol. The Morgan fingerprint density at radius 2 is 1.87 bits per heavy atom. The molecule has 3 aromatic rings. The highest BCUT2D eigenvalue weighted by molar-refractivity contribution is 9.10. The molecule has 1 saturated heterocycles. The van der Waals surface area contributed by atoms with E-state index in [9.17, 15) is 14.7 Å². The van der Waals surface area contributed by atoms with Gasteiger partial charge in [0.05, 0.1) is 16.1 Å². The van der Waals surface area contributed by atoms with E-state index in [-0.39, 0.29) is 23.9 Å². The minimum atomic E-state index is -1.04.